The predicted molar refractivity (Wildman–Crippen MR) is 522 cm³/mol. The molecule has 0 amide bonds. The molecule has 4 saturated heterocycles. The van der Waals surface area contributed by atoms with Gasteiger partial charge in [-0.1, -0.05) is 72.1 Å². The van der Waals surface area contributed by atoms with E-state index in [-0.39, 0.29) is 46.9 Å². The topological polar surface area (TPSA) is 257 Å². The number of ether oxygens (including phenoxy) is 2. The van der Waals surface area contributed by atoms with E-state index in [1.54, 1.807) is 38.5 Å². The maximum absolute atomic E-state index is 14.1. The lowest BCUT2D eigenvalue weighted by Crippen LogP contribution is -2.43. The number of methoxy groups -OCH3 is 2. The number of rotatable bonds is 18. The summed E-state index contributed by atoms with van der Waals surface area (Å²) in [5, 5.41) is 54.3. The first-order chi connectivity index (χ1) is 67.2. The minimum atomic E-state index is -0.298. The molecule has 4 saturated carbocycles. The maximum atomic E-state index is 14.1. The zero-order chi connectivity index (χ0) is 94.3. The van der Waals surface area contributed by atoms with Crippen LogP contribution in [0.5, 0.6) is 11.8 Å². The summed E-state index contributed by atoms with van der Waals surface area (Å²) in [5.74, 6) is 15.1. The summed E-state index contributed by atoms with van der Waals surface area (Å²) in [4.78, 5) is 30.1. The molecule has 0 radical (unpaired) electrons. The summed E-state index contributed by atoms with van der Waals surface area (Å²) in [6.45, 7) is 15.7. The quantitative estimate of drug-likeness (QED) is 0.0723. The van der Waals surface area contributed by atoms with E-state index in [2.05, 4.69) is 91.2 Å². The van der Waals surface area contributed by atoms with E-state index in [0.29, 0.717) is 103 Å². The van der Waals surface area contributed by atoms with Crippen molar-refractivity contribution in [3.8, 4) is 11.8 Å². The van der Waals surface area contributed by atoms with Crippen LogP contribution < -0.4 is 29.1 Å². The molecule has 8 fully saturated rings. The summed E-state index contributed by atoms with van der Waals surface area (Å²) in [5.41, 5.74) is 10.1. The van der Waals surface area contributed by atoms with Crippen molar-refractivity contribution < 1.29 is 27.0 Å². The van der Waals surface area contributed by atoms with E-state index in [9.17, 15) is 17.6 Å². The fourth-order valence-corrected chi connectivity index (χ4v) is 26.7. The molecule has 16 heterocycles. The fourth-order valence-electron chi connectivity index (χ4n) is 25.8. The Kier molecular flexibility index (Phi) is 28.1. The summed E-state index contributed by atoms with van der Waals surface area (Å²) in [7, 11) is 3.24. The molecule has 0 spiro atoms. The highest BCUT2D eigenvalue weighted by Crippen LogP contribution is 2.51. The van der Waals surface area contributed by atoms with Crippen LogP contribution in [0.15, 0.2) is 122 Å². The van der Waals surface area contributed by atoms with Gasteiger partial charge in [-0.15, -0.1) is 10.2 Å². The average Bonchev–Trinajstić information content (AvgIpc) is 1.62. The molecule has 4 unspecified atom stereocenters. The lowest BCUT2D eigenvalue weighted by molar-refractivity contribution is 0.265. The van der Waals surface area contributed by atoms with Crippen LogP contribution >= 0.6 is 46.4 Å². The van der Waals surface area contributed by atoms with Crippen LogP contribution in [0, 0.1) is 108 Å². The number of anilines is 4. The SMILES string of the molecule is COc1cc(N2C[C@H]3CC[C@@H](C2)C3Cc2nc3n(n2)CCCC[C@@H]3c2cc(F)cc(Cl)c2)cnn1.COc1cc(N2C[C@H]3CC[C@@H](C2)C3Cc2nc3n(n2)CCCC[C@H]3c2cc(F)cc(Cl)c2)cnn1.Cc1cc(N2C[C@H]3CC[C@@H](C2)C3Cc2nc3n(n2)CCCC[C@@H]3c2cc(F)cc(Cl)c2)cnn1.Cc1cc(N2C[C@H]3CC[C@@H](C2)C3Cc2nc3n(n2)CCCC[C@H]3c2cc(F)cc(Cl)c2)cnn1. The van der Waals surface area contributed by atoms with Gasteiger partial charge in [-0.3, -0.25) is 0 Å². The Balaban J connectivity index is 0.000000110. The molecule has 4 aromatic carbocycles. The minimum absolute atomic E-state index is 0.0275. The number of hydrogen-bond acceptors (Lipinski definition) is 22. The van der Waals surface area contributed by atoms with Crippen LogP contribution in [-0.4, -0.2) is 166 Å². The minimum Gasteiger partial charge on any atom is -0.480 e. The third kappa shape index (κ3) is 20.8. The number of piperidine rings is 4. The smallest absolute Gasteiger partial charge is 0.235 e. The molecular weight excluding hydrogens is 1840 g/mol. The number of fused-ring (bicyclic) bond motifs is 12. The number of aromatic nitrogens is 20. The first-order valence-electron chi connectivity index (χ1n) is 50.1. The second-order valence-electron chi connectivity index (χ2n) is 40.9. The van der Waals surface area contributed by atoms with Crippen molar-refractivity contribution in [2.24, 2.45) is 71.0 Å². The molecule has 12 aromatic rings. The highest BCUT2D eigenvalue weighted by Gasteiger charge is 2.48. The molecule has 16 atom stereocenters. The van der Waals surface area contributed by atoms with Gasteiger partial charge in [0.05, 0.1) is 73.1 Å². The number of benzene rings is 4. The largest absolute Gasteiger partial charge is 0.480 e. The van der Waals surface area contributed by atoms with Gasteiger partial charge in [-0.05, 0) is 295 Å². The molecule has 8 aliphatic heterocycles. The van der Waals surface area contributed by atoms with Crippen LogP contribution in [0.4, 0.5) is 40.3 Å². The van der Waals surface area contributed by atoms with E-state index < -0.39 is 0 Å². The van der Waals surface area contributed by atoms with E-state index in [0.717, 1.165) is 273 Å². The van der Waals surface area contributed by atoms with Crippen molar-refractivity contribution in [2.75, 3.05) is 86.2 Å². The van der Waals surface area contributed by atoms with E-state index >= 15 is 0 Å². The van der Waals surface area contributed by atoms with Gasteiger partial charge in [-0.2, -0.15) is 51.0 Å². The normalized spacial score (nSPS) is 26.1. The third-order valence-corrected chi connectivity index (χ3v) is 33.1. The highest BCUT2D eigenvalue weighted by atomic mass is 35.5. The van der Waals surface area contributed by atoms with E-state index in [1.165, 1.54) is 87.0 Å². The molecule has 8 bridgehead atoms. The maximum Gasteiger partial charge on any atom is 0.235 e. The number of hydrogen-bond donors (Lipinski definition) is 0. The lowest BCUT2D eigenvalue weighted by Gasteiger charge is -2.39. The molecule has 4 aliphatic carbocycles. The Morgan fingerprint density at radius 3 is 0.746 bits per heavy atom. The number of aryl methyl sites for hydroxylation is 6. The molecule has 24 rings (SSSR count). The number of halogens is 8. The van der Waals surface area contributed by atoms with Crippen LogP contribution in [-0.2, 0) is 51.9 Å². The predicted octanol–water partition coefficient (Wildman–Crippen LogP) is 20.2. The Bertz CT molecular complexity index is 5810. The van der Waals surface area contributed by atoms with Gasteiger partial charge >= 0.3 is 0 Å². The van der Waals surface area contributed by atoms with Crippen molar-refractivity contribution in [2.45, 2.75) is 218 Å². The molecule has 34 heteroatoms. The molecule has 138 heavy (non-hydrogen) atoms. The van der Waals surface area contributed by atoms with Crippen LogP contribution in [0.1, 0.15) is 232 Å². The summed E-state index contributed by atoms with van der Waals surface area (Å²) >= 11 is 24.7. The van der Waals surface area contributed by atoms with E-state index in [1.807, 2.05) is 75.0 Å². The third-order valence-electron chi connectivity index (χ3n) is 32.3. The summed E-state index contributed by atoms with van der Waals surface area (Å²) in [6, 6.07) is 27.6. The van der Waals surface area contributed by atoms with Gasteiger partial charge in [-0.25, -0.2) is 56.2 Å². The molecule has 8 aromatic heterocycles. The van der Waals surface area contributed by atoms with Crippen molar-refractivity contribution >= 4 is 69.2 Å². The van der Waals surface area contributed by atoms with Gasteiger partial charge < -0.3 is 29.1 Å². The van der Waals surface area contributed by atoms with Gasteiger partial charge in [0, 0.05) is 160 Å². The fraction of sp³-hybridized carbons (Fsp3) is 0.538. The van der Waals surface area contributed by atoms with Crippen LogP contribution in [0.3, 0.4) is 0 Å². The monoisotopic (exact) mass is 1950 g/mol. The Morgan fingerprint density at radius 2 is 0.522 bits per heavy atom. The van der Waals surface area contributed by atoms with Crippen molar-refractivity contribution in [1.29, 1.82) is 0 Å². The Labute approximate surface area is 823 Å². The van der Waals surface area contributed by atoms with Crippen LogP contribution in [0.2, 0.25) is 20.1 Å². The number of nitrogens with zero attached hydrogens (tertiary/aromatic N) is 24. The Morgan fingerprint density at radius 1 is 0.290 bits per heavy atom. The second-order valence-corrected chi connectivity index (χ2v) is 42.7. The first-order valence-corrected chi connectivity index (χ1v) is 51.6. The summed E-state index contributed by atoms with van der Waals surface area (Å²) < 4.78 is 75.3. The van der Waals surface area contributed by atoms with Gasteiger partial charge in [0.25, 0.3) is 0 Å². The van der Waals surface area contributed by atoms with Gasteiger partial charge in [0.15, 0.2) is 23.3 Å². The molecule has 0 N–H and O–H groups in total. The summed E-state index contributed by atoms with van der Waals surface area (Å²) in [6.07, 6.45) is 33.4. The molecule has 26 nitrogen and oxygen atoms in total. The van der Waals surface area contributed by atoms with Crippen LogP contribution in [0.25, 0.3) is 0 Å². The van der Waals surface area contributed by atoms with E-state index in [4.69, 9.17) is 96.2 Å². The van der Waals surface area contributed by atoms with Crippen molar-refractivity contribution in [3.63, 3.8) is 0 Å². The first kappa shape index (κ1) is 93.7. The average molecular weight is 1960 g/mol. The Hall–Kier alpha value is -10.6. The van der Waals surface area contributed by atoms with Gasteiger partial charge in [0.1, 0.15) is 46.6 Å². The zero-order valence-corrected chi connectivity index (χ0v) is 81.8. The standard InChI is InChI=1S/2C26H30ClFN6O.2C26H30ClFN6/c2*1-35-25-11-21(13-29-31-25)33-14-16-5-6-17(15-33)23(16)12-24-30-26-22(4-2-3-7-34(26)32-24)18-8-19(27)10-20(28)9-18;2*1-16-8-22(13-29-31-16)33-14-17-5-6-18(15-33)24(17)12-25-30-26-23(4-2-3-7-34(26)32-25)19-9-20(27)11-21(28)10-19/h2*8-11,13,16-17,22-23H,2-7,12,14-15H2,1H3;2*8-11,13,17-18,23-24H,2-7,12,14-15H2,1H3/t2*16-,17+,22-,23?;2*17-,18+,23-,24?/m1010/s1. The molecule has 724 valence electrons. The highest BCUT2D eigenvalue weighted by molar-refractivity contribution is 6.31. The lowest BCUT2D eigenvalue weighted by atomic mass is 9.82. The van der Waals surface area contributed by atoms with Crippen molar-refractivity contribution in [1.82, 2.24) is 99.8 Å². The molecular formula is C104H120Cl4F4N24O2. The second kappa shape index (κ2) is 41.3. The van der Waals surface area contributed by atoms with Gasteiger partial charge in [0.2, 0.25) is 11.8 Å². The molecule has 12 aliphatic rings. The van der Waals surface area contributed by atoms with Crippen molar-refractivity contribution in [3.05, 3.63) is 245 Å². The zero-order valence-electron chi connectivity index (χ0n) is 78.8.